The molecule has 0 saturated carbocycles. The molecule has 2 aromatic rings. The number of fused-ring (bicyclic) bond motifs is 1. The van der Waals surface area contributed by atoms with Gasteiger partial charge in [0.05, 0.1) is 0 Å². The highest BCUT2D eigenvalue weighted by Gasteiger charge is 2.11. The van der Waals surface area contributed by atoms with Gasteiger partial charge >= 0.3 is 0 Å². The molecule has 0 saturated heterocycles. The number of aromatic nitrogens is 1. The normalized spacial score (nSPS) is 10.8. The predicted octanol–water partition coefficient (Wildman–Crippen LogP) is 3.18. The first kappa shape index (κ1) is 13.5. The lowest BCUT2D eigenvalue weighted by Gasteiger charge is -2.17. The fraction of sp³-hybridized carbons (Fsp3) is 0.333. The molecular weight excluding hydrogens is 240 g/mol. The third-order valence-electron chi connectivity index (χ3n) is 2.77. The molecule has 0 N–H and O–H groups in total. The number of pyridine rings is 1. The van der Waals surface area contributed by atoms with E-state index < -0.39 is 0 Å². The van der Waals surface area contributed by atoms with E-state index in [-0.39, 0.29) is 6.29 Å². The van der Waals surface area contributed by atoms with E-state index in [9.17, 15) is 0 Å². The molecule has 0 aliphatic rings. The summed E-state index contributed by atoms with van der Waals surface area (Å²) in [4.78, 5) is 4.05. The lowest BCUT2D eigenvalue weighted by molar-refractivity contribution is -0.140. The molecule has 0 bridgehead atoms. The molecule has 1 aromatic carbocycles. The third-order valence-corrected chi connectivity index (χ3v) is 2.77. The van der Waals surface area contributed by atoms with Gasteiger partial charge in [0, 0.05) is 30.4 Å². The number of nitriles is 1. The Balaban J connectivity index is 2.40. The van der Waals surface area contributed by atoms with Gasteiger partial charge in [0.15, 0.2) is 6.29 Å². The molecule has 0 amide bonds. The lowest BCUT2D eigenvalue weighted by Crippen LogP contribution is -2.08. The van der Waals surface area contributed by atoms with Crippen molar-refractivity contribution >= 4 is 10.8 Å². The van der Waals surface area contributed by atoms with E-state index in [0.29, 0.717) is 18.9 Å². The van der Waals surface area contributed by atoms with Crippen LogP contribution >= 0.6 is 0 Å². The molecule has 2 rings (SSSR count). The van der Waals surface area contributed by atoms with Crippen LogP contribution < -0.4 is 0 Å². The van der Waals surface area contributed by atoms with Crippen molar-refractivity contribution in [2.45, 2.75) is 20.1 Å². The summed E-state index contributed by atoms with van der Waals surface area (Å²) in [7, 11) is 0. The highest BCUT2D eigenvalue weighted by atomic mass is 16.7. The molecule has 19 heavy (non-hydrogen) atoms. The summed E-state index contributed by atoms with van der Waals surface area (Å²) in [5.41, 5.74) is 1.36. The van der Waals surface area contributed by atoms with Crippen LogP contribution in [0.2, 0.25) is 0 Å². The van der Waals surface area contributed by atoms with Crippen molar-refractivity contribution in [1.82, 2.24) is 4.98 Å². The Morgan fingerprint density at radius 2 is 1.89 bits per heavy atom. The maximum atomic E-state index is 8.88. The standard InChI is InChI=1S/C15H16N2O2/c1-3-18-15(19-4-2)11-5-6-12-10-17-14(9-16)8-13(12)7-11/h5-8,10,15H,3-4H2,1-2H3. The highest BCUT2D eigenvalue weighted by Crippen LogP contribution is 2.23. The number of nitrogens with zero attached hydrogens (tertiary/aromatic N) is 2. The molecule has 0 fully saturated rings. The smallest absolute Gasteiger partial charge is 0.183 e. The molecule has 1 heterocycles. The van der Waals surface area contributed by atoms with E-state index >= 15 is 0 Å². The Bertz CT molecular complexity index is 599. The Labute approximate surface area is 112 Å². The van der Waals surface area contributed by atoms with Crippen LogP contribution in [0.3, 0.4) is 0 Å². The number of rotatable bonds is 5. The van der Waals surface area contributed by atoms with Gasteiger partial charge in [-0.15, -0.1) is 0 Å². The molecule has 0 unspecified atom stereocenters. The topological polar surface area (TPSA) is 55.1 Å². The van der Waals surface area contributed by atoms with Crippen molar-refractivity contribution in [3.8, 4) is 6.07 Å². The predicted molar refractivity (Wildman–Crippen MR) is 72.5 cm³/mol. The van der Waals surface area contributed by atoms with E-state index in [2.05, 4.69) is 4.98 Å². The summed E-state index contributed by atoms with van der Waals surface area (Å²) in [5.74, 6) is 0. The summed E-state index contributed by atoms with van der Waals surface area (Å²) in [6.45, 7) is 5.04. The van der Waals surface area contributed by atoms with E-state index in [0.717, 1.165) is 16.3 Å². The molecule has 1 aromatic heterocycles. The minimum absolute atomic E-state index is 0.363. The first-order valence-corrected chi connectivity index (χ1v) is 6.31. The van der Waals surface area contributed by atoms with Gasteiger partial charge in [0.2, 0.25) is 0 Å². The van der Waals surface area contributed by atoms with Gasteiger partial charge in [0.25, 0.3) is 0 Å². The molecule has 0 atom stereocenters. The number of hydrogen-bond acceptors (Lipinski definition) is 4. The van der Waals surface area contributed by atoms with Crippen LogP contribution in [-0.2, 0) is 9.47 Å². The van der Waals surface area contributed by atoms with Crippen LogP contribution in [0.1, 0.15) is 31.4 Å². The SMILES string of the molecule is CCOC(OCC)c1ccc2cnc(C#N)cc2c1. The average molecular weight is 256 g/mol. The van der Waals surface area contributed by atoms with Crippen molar-refractivity contribution in [3.05, 3.63) is 41.7 Å². The first-order chi connectivity index (χ1) is 9.28. The van der Waals surface area contributed by atoms with E-state index in [1.54, 1.807) is 12.3 Å². The molecule has 98 valence electrons. The zero-order valence-corrected chi connectivity index (χ0v) is 11.1. The largest absolute Gasteiger partial charge is 0.349 e. The fourth-order valence-electron chi connectivity index (χ4n) is 1.91. The minimum Gasteiger partial charge on any atom is -0.349 e. The van der Waals surface area contributed by atoms with Gasteiger partial charge in [-0.1, -0.05) is 12.1 Å². The number of benzene rings is 1. The highest BCUT2D eigenvalue weighted by molar-refractivity contribution is 5.83. The van der Waals surface area contributed by atoms with Crippen molar-refractivity contribution in [2.75, 3.05) is 13.2 Å². The molecule has 0 aliphatic carbocycles. The summed E-state index contributed by atoms with van der Waals surface area (Å²) in [6.07, 6.45) is 1.34. The van der Waals surface area contributed by atoms with Crippen molar-refractivity contribution in [1.29, 1.82) is 5.26 Å². The molecule has 0 aliphatic heterocycles. The van der Waals surface area contributed by atoms with E-state index in [1.165, 1.54) is 0 Å². The molecule has 4 heteroatoms. The third kappa shape index (κ3) is 3.08. The fourth-order valence-corrected chi connectivity index (χ4v) is 1.91. The van der Waals surface area contributed by atoms with Crippen LogP contribution in [0, 0.1) is 11.3 Å². The second-order valence-corrected chi connectivity index (χ2v) is 4.03. The van der Waals surface area contributed by atoms with Crippen LogP contribution in [-0.4, -0.2) is 18.2 Å². The van der Waals surface area contributed by atoms with Gasteiger partial charge in [-0.2, -0.15) is 5.26 Å². The summed E-state index contributed by atoms with van der Waals surface area (Å²) in [5, 5.41) is 10.8. The second-order valence-electron chi connectivity index (χ2n) is 4.03. The van der Waals surface area contributed by atoms with E-state index in [4.69, 9.17) is 14.7 Å². The average Bonchev–Trinajstić information content (AvgIpc) is 2.46. The Hall–Kier alpha value is -1.96. The summed E-state index contributed by atoms with van der Waals surface area (Å²) in [6, 6.07) is 9.72. The summed E-state index contributed by atoms with van der Waals surface area (Å²) < 4.78 is 11.1. The van der Waals surface area contributed by atoms with Crippen molar-refractivity contribution in [2.24, 2.45) is 0 Å². The van der Waals surface area contributed by atoms with Gasteiger partial charge in [-0.05, 0) is 31.4 Å². The Kier molecular flexibility index (Phi) is 4.45. The maximum Gasteiger partial charge on any atom is 0.183 e. The Morgan fingerprint density at radius 1 is 1.16 bits per heavy atom. The first-order valence-electron chi connectivity index (χ1n) is 6.31. The van der Waals surface area contributed by atoms with Gasteiger partial charge in [-0.3, -0.25) is 0 Å². The molecule has 4 nitrogen and oxygen atoms in total. The van der Waals surface area contributed by atoms with Crippen LogP contribution in [0.5, 0.6) is 0 Å². The molecule has 0 radical (unpaired) electrons. The second kappa shape index (κ2) is 6.28. The molecule has 0 spiro atoms. The zero-order valence-electron chi connectivity index (χ0n) is 11.1. The summed E-state index contributed by atoms with van der Waals surface area (Å²) >= 11 is 0. The van der Waals surface area contributed by atoms with Crippen LogP contribution in [0.25, 0.3) is 10.8 Å². The quantitative estimate of drug-likeness (QED) is 0.771. The van der Waals surface area contributed by atoms with Gasteiger partial charge < -0.3 is 9.47 Å². The number of hydrogen-bond donors (Lipinski definition) is 0. The zero-order chi connectivity index (χ0) is 13.7. The van der Waals surface area contributed by atoms with Gasteiger partial charge in [-0.25, -0.2) is 4.98 Å². The number of ether oxygens (including phenoxy) is 2. The minimum atomic E-state index is -0.363. The lowest BCUT2D eigenvalue weighted by atomic mass is 10.1. The van der Waals surface area contributed by atoms with Crippen molar-refractivity contribution in [3.63, 3.8) is 0 Å². The Morgan fingerprint density at radius 3 is 2.53 bits per heavy atom. The van der Waals surface area contributed by atoms with E-state index in [1.807, 2.05) is 38.1 Å². The van der Waals surface area contributed by atoms with Gasteiger partial charge in [0.1, 0.15) is 11.8 Å². The van der Waals surface area contributed by atoms with Crippen LogP contribution in [0.4, 0.5) is 0 Å². The monoisotopic (exact) mass is 256 g/mol. The molecular formula is C15H16N2O2. The maximum absolute atomic E-state index is 8.88. The van der Waals surface area contributed by atoms with Crippen molar-refractivity contribution < 1.29 is 9.47 Å². The van der Waals surface area contributed by atoms with Crippen LogP contribution in [0.15, 0.2) is 30.5 Å².